The molecule has 0 aromatic carbocycles. The fourth-order valence-electron chi connectivity index (χ4n) is 1.45. The highest BCUT2D eigenvalue weighted by atomic mass is 35.5. The van der Waals surface area contributed by atoms with Gasteiger partial charge in [-0.1, -0.05) is 11.6 Å². The van der Waals surface area contributed by atoms with E-state index in [2.05, 4.69) is 15.3 Å². The molecule has 0 aliphatic carbocycles. The number of nitrogens with zero attached hydrogens (tertiary/aromatic N) is 3. The van der Waals surface area contributed by atoms with Gasteiger partial charge in [-0.25, -0.2) is 14.3 Å². The zero-order valence-electron chi connectivity index (χ0n) is 12.2. The van der Waals surface area contributed by atoms with E-state index in [0.29, 0.717) is 0 Å². The molecule has 0 atom stereocenters. The third-order valence-electron chi connectivity index (χ3n) is 2.46. The van der Waals surface area contributed by atoms with Gasteiger partial charge in [0.05, 0.1) is 5.25 Å². The van der Waals surface area contributed by atoms with Crippen molar-refractivity contribution in [3.63, 3.8) is 0 Å². The Bertz CT molecular complexity index is 587. The average molecular weight is 322 g/mol. The minimum Gasteiger partial charge on any atom is -0.352 e. The zero-order valence-corrected chi connectivity index (χ0v) is 13.7. The Balaban J connectivity index is 3.53. The van der Waals surface area contributed by atoms with Crippen LogP contribution in [-0.2, 0) is 9.84 Å². The van der Waals surface area contributed by atoms with Crippen LogP contribution < -0.4 is 16.2 Å². The van der Waals surface area contributed by atoms with Crippen LogP contribution in [-0.4, -0.2) is 36.7 Å². The number of sulfone groups is 1. The predicted octanol–water partition coefficient (Wildman–Crippen LogP) is 1.44. The molecule has 1 rings (SSSR count). The van der Waals surface area contributed by atoms with E-state index in [0.717, 1.165) is 5.01 Å². The van der Waals surface area contributed by atoms with E-state index in [-0.39, 0.29) is 27.9 Å². The van der Waals surface area contributed by atoms with Gasteiger partial charge in [0.2, 0.25) is 5.95 Å². The Morgan fingerprint density at radius 1 is 1.25 bits per heavy atom. The normalized spacial score (nSPS) is 12.1. The molecule has 1 aromatic rings. The Hall–Kier alpha value is -1.12. The Morgan fingerprint density at radius 2 is 1.80 bits per heavy atom. The van der Waals surface area contributed by atoms with Crippen molar-refractivity contribution in [1.29, 1.82) is 0 Å². The van der Waals surface area contributed by atoms with Crippen molar-refractivity contribution in [1.82, 2.24) is 9.97 Å². The van der Waals surface area contributed by atoms with E-state index in [1.54, 1.807) is 13.8 Å². The molecule has 0 radical (unpaired) electrons. The average Bonchev–Trinajstić information content (AvgIpc) is 2.26. The van der Waals surface area contributed by atoms with Crippen molar-refractivity contribution in [2.24, 2.45) is 5.84 Å². The number of hydrogen-bond donors (Lipinski definition) is 2. The lowest BCUT2D eigenvalue weighted by Gasteiger charge is -2.19. The summed E-state index contributed by atoms with van der Waals surface area (Å²) in [7, 11) is -2.14. The summed E-state index contributed by atoms with van der Waals surface area (Å²) in [6.45, 7) is 6.93. The summed E-state index contributed by atoms with van der Waals surface area (Å²) in [5.41, 5.74) is 0. The molecular weight excluding hydrogens is 302 g/mol. The molecule has 0 saturated carbocycles. The molecule has 20 heavy (non-hydrogen) atoms. The van der Waals surface area contributed by atoms with Crippen LogP contribution in [0.1, 0.15) is 27.7 Å². The van der Waals surface area contributed by atoms with Gasteiger partial charge < -0.3 is 5.32 Å². The van der Waals surface area contributed by atoms with Crippen LogP contribution >= 0.6 is 11.6 Å². The lowest BCUT2D eigenvalue weighted by molar-refractivity contribution is 0.586. The molecule has 0 aliphatic heterocycles. The van der Waals surface area contributed by atoms with Crippen LogP contribution in [0.15, 0.2) is 4.90 Å². The first-order chi connectivity index (χ1) is 9.07. The maximum Gasteiger partial charge on any atom is 0.226 e. The van der Waals surface area contributed by atoms with Crippen LogP contribution in [0.2, 0.25) is 5.15 Å². The van der Waals surface area contributed by atoms with Crippen molar-refractivity contribution in [2.75, 3.05) is 17.4 Å². The summed E-state index contributed by atoms with van der Waals surface area (Å²) in [6, 6.07) is 0.0783. The first-order valence-electron chi connectivity index (χ1n) is 6.13. The van der Waals surface area contributed by atoms with E-state index < -0.39 is 15.1 Å². The van der Waals surface area contributed by atoms with Crippen molar-refractivity contribution in [3.05, 3.63) is 5.15 Å². The molecule has 0 unspecified atom stereocenters. The quantitative estimate of drug-likeness (QED) is 0.480. The zero-order chi connectivity index (χ0) is 15.7. The molecule has 1 aromatic heterocycles. The highest BCUT2D eigenvalue weighted by molar-refractivity contribution is 7.92. The highest BCUT2D eigenvalue weighted by Crippen LogP contribution is 2.31. The molecular formula is C11H20ClN5O2S. The van der Waals surface area contributed by atoms with E-state index in [4.69, 9.17) is 17.4 Å². The molecule has 0 spiro atoms. The Labute approximate surface area is 124 Å². The summed E-state index contributed by atoms with van der Waals surface area (Å²) in [4.78, 5) is 7.98. The first-order valence-corrected chi connectivity index (χ1v) is 8.06. The van der Waals surface area contributed by atoms with Crippen LogP contribution in [0.4, 0.5) is 11.8 Å². The van der Waals surface area contributed by atoms with Crippen molar-refractivity contribution in [2.45, 2.75) is 43.9 Å². The van der Waals surface area contributed by atoms with Gasteiger partial charge >= 0.3 is 0 Å². The van der Waals surface area contributed by atoms with Crippen molar-refractivity contribution in [3.8, 4) is 0 Å². The van der Waals surface area contributed by atoms with Gasteiger partial charge in [-0.05, 0) is 27.7 Å². The van der Waals surface area contributed by atoms with Crippen molar-refractivity contribution < 1.29 is 8.42 Å². The molecule has 7 nitrogen and oxygen atoms in total. The third-order valence-corrected chi connectivity index (χ3v) is 5.04. The van der Waals surface area contributed by atoms with Crippen LogP contribution in [0.5, 0.6) is 0 Å². The fraction of sp³-hybridized carbons (Fsp3) is 0.636. The standard InChI is InChI=1S/C11H20ClN5O2S/c1-6(2)14-11-15-9(12)8(10(16-11)17(5)13)20(18,19)7(3)4/h6-7H,13H2,1-5H3,(H,14,15,16). The fourth-order valence-corrected chi connectivity index (χ4v) is 3.14. The molecule has 0 saturated heterocycles. The molecule has 114 valence electrons. The number of nitrogens with two attached hydrogens (primary N) is 1. The van der Waals surface area contributed by atoms with Crippen LogP contribution in [0, 0.1) is 0 Å². The maximum atomic E-state index is 12.3. The second-order valence-electron chi connectivity index (χ2n) is 4.99. The van der Waals surface area contributed by atoms with Gasteiger partial charge in [-0.3, -0.25) is 5.01 Å². The second kappa shape index (κ2) is 6.11. The van der Waals surface area contributed by atoms with Gasteiger partial charge in [0.15, 0.2) is 20.8 Å². The van der Waals surface area contributed by atoms with E-state index >= 15 is 0 Å². The predicted molar refractivity (Wildman–Crippen MR) is 80.7 cm³/mol. The van der Waals surface area contributed by atoms with Crippen LogP contribution in [0.3, 0.4) is 0 Å². The lowest BCUT2D eigenvalue weighted by Crippen LogP contribution is -2.30. The van der Waals surface area contributed by atoms with E-state index in [1.807, 2.05) is 13.8 Å². The summed E-state index contributed by atoms with van der Waals surface area (Å²) in [6.07, 6.45) is 0. The van der Waals surface area contributed by atoms with Gasteiger partial charge in [-0.2, -0.15) is 9.97 Å². The number of rotatable bonds is 5. The summed E-state index contributed by atoms with van der Waals surface area (Å²) < 4.78 is 24.7. The summed E-state index contributed by atoms with van der Waals surface area (Å²) in [5.74, 6) is 5.98. The molecule has 9 heteroatoms. The van der Waals surface area contributed by atoms with Crippen LogP contribution in [0.25, 0.3) is 0 Å². The van der Waals surface area contributed by atoms with Gasteiger partial charge in [0.1, 0.15) is 4.90 Å². The van der Waals surface area contributed by atoms with Gasteiger partial charge in [-0.15, -0.1) is 0 Å². The third kappa shape index (κ3) is 3.50. The SMILES string of the molecule is CC(C)Nc1nc(Cl)c(S(=O)(=O)C(C)C)c(N(C)N)n1. The van der Waals surface area contributed by atoms with Gasteiger partial charge in [0, 0.05) is 13.1 Å². The number of hydrogen-bond acceptors (Lipinski definition) is 7. The number of anilines is 2. The van der Waals surface area contributed by atoms with E-state index in [9.17, 15) is 8.42 Å². The largest absolute Gasteiger partial charge is 0.352 e. The number of hydrazine groups is 1. The Kier molecular flexibility index (Phi) is 5.17. The van der Waals surface area contributed by atoms with Crippen molar-refractivity contribution >= 4 is 33.2 Å². The second-order valence-corrected chi connectivity index (χ2v) is 7.79. The monoisotopic (exact) mass is 321 g/mol. The molecule has 1 heterocycles. The number of halogens is 1. The topological polar surface area (TPSA) is 101 Å². The van der Waals surface area contributed by atoms with E-state index in [1.165, 1.54) is 7.05 Å². The highest BCUT2D eigenvalue weighted by Gasteiger charge is 2.30. The first kappa shape index (κ1) is 16.9. The molecule has 0 amide bonds. The maximum absolute atomic E-state index is 12.3. The molecule has 0 bridgehead atoms. The minimum atomic E-state index is -3.63. The summed E-state index contributed by atoms with van der Waals surface area (Å²) >= 11 is 6.04. The molecule has 0 aliphatic rings. The summed E-state index contributed by atoms with van der Waals surface area (Å²) in [5, 5.41) is 3.30. The smallest absolute Gasteiger partial charge is 0.226 e. The molecule has 0 fully saturated rings. The lowest BCUT2D eigenvalue weighted by atomic mass is 10.4. The number of aromatic nitrogens is 2. The number of nitrogens with one attached hydrogen (secondary N) is 1. The molecule has 3 N–H and O–H groups in total. The minimum absolute atomic E-state index is 0.0712. The van der Waals surface area contributed by atoms with Gasteiger partial charge in [0.25, 0.3) is 0 Å². The Morgan fingerprint density at radius 3 is 2.20 bits per heavy atom.